The van der Waals surface area contributed by atoms with Gasteiger partial charge in [0.05, 0.1) is 0 Å². The highest BCUT2D eigenvalue weighted by Crippen LogP contribution is 2.08. The summed E-state index contributed by atoms with van der Waals surface area (Å²) < 4.78 is 0. The lowest BCUT2D eigenvalue weighted by Crippen LogP contribution is -2.31. The van der Waals surface area contributed by atoms with Gasteiger partial charge in [-0.05, 0) is 5.56 Å². The molecule has 0 saturated carbocycles. The first-order valence-electron chi connectivity index (χ1n) is 6.07. The van der Waals surface area contributed by atoms with Gasteiger partial charge in [0.1, 0.15) is 0 Å². The first-order valence-corrected chi connectivity index (χ1v) is 6.48. The second-order valence-corrected chi connectivity index (χ2v) is 4.73. The second-order valence-electron chi connectivity index (χ2n) is 4.34. The molecule has 0 heterocycles. The number of benzene rings is 2. The molecule has 2 nitrogen and oxygen atoms in total. The van der Waals surface area contributed by atoms with Gasteiger partial charge in [-0.3, -0.25) is 4.79 Å². The summed E-state index contributed by atoms with van der Waals surface area (Å²) in [6.45, 7) is 0.637. The van der Waals surface area contributed by atoms with E-state index in [0.717, 1.165) is 5.56 Å². The van der Waals surface area contributed by atoms with Crippen LogP contribution in [0.2, 0.25) is 0 Å². The molecule has 2 aromatic carbocycles. The maximum absolute atomic E-state index is 12.2. The summed E-state index contributed by atoms with van der Waals surface area (Å²) in [6, 6.07) is 19.1. The van der Waals surface area contributed by atoms with E-state index in [1.807, 2.05) is 55.6 Å². The van der Waals surface area contributed by atoms with Gasteiger partial charge in [-0.1, -0.05) is 72.9 Å². The molecule has 3 heteroatoms. The van der Waals surface area contributed by atoms with E-state index in [-0.39, 0.29) is 5.78 Å². The van der Waals surface area contributed by atoms with Crippen molar-refractivity contribution < 1.29 is 4.79 Å². The summed E-state index contributed by atoms with van der Waals surface area (Å²) in [6.07, 6.45) is 0. The minimum absolute atomic E-state index is 0.103. The minimum Gasteiger partial charge on any atom is -0.358 e. The number of nitrogens with zero attached hydrogens (tertiary/aromatic N) is 1. The predicted octanol–water partition coefficient (Wildman–Crippen LogP) is 3.33. The summed E-state index contributed by atoms with van der Waals surface area (Å²) in [5.41, 5.74) is 1.76. The van der Waals surface area contributed by atoms with Crippen molar-refractivity contribution in [3.63, 3.8) is 0 Å². The van der Waals surface area contributed by atoms with E-state index in [9.17, 15) is 4.79 Å². The number of carbonyl (C=O) groups excluding carboxylic acids is 1. The van der Waals surface area contributed by atoms with Crippen LogP contribution in [0.1, 0.15) is 15.9 Å². The molecule has 0 aromatic heterocycles. The first-order chi connectivity index (χ1) is 9.18. The van der Waals surface area contributed by atoms with Crippen molar-refractivity contribution in [2.75, 3.05) is 7.05 Å². The standard InChI is InChI=1S/C16H15NOS/c1-17(12-13-8-4-2-5-9-13)16(19)15(18)14-10-6-3-7-11-14/h2-11H,12H2,1H3. The highest BCUT2D eigenvalue weighted by molar-refractivity contribution is 7.82. The molecular weight excluding hydrogens is 254 g/mol. The number of rotatable bonds is 4. The third kappa shape index (κ3) is 3.48. The maximum atomic E-state index is 12.2. The van der Waals surface area contributed by atoms with E-state index in [1.165, 1.54) is 0 Å². The Morgan fingerprint density at radius 2 is 1.53 bits per heavy atom. The van der Waals surface area contributed by atoms with Crippen molar-refractivity contribution in [2.45, 2.75) is 6.54 Å². The number of hydrogen-bond donors (Lipinski definition) is 0. The average Bonchev–Trinajstić information content (AvgIpc) is 2.47. The van der Waals surface area contributed by atoms with E-state index in [1.54, 1.807) is 17.0 Å². The molecular formula is C16H15NOS. The van der Waals surface area contributed by atoms with Crippen molar-refractivity contribution in [1.29, 1.82) is 0 Å². The van der Waals surface area contributed by atoms with Crippen LogP contribution in [0.3, 0.4) is 0 Å². The van der Waals surface area contributed by atoms with Crippen molar-refractivity contribution >= 4 is 23.0 Å². The molecule has 0 radical (unpaired) electrons. The molecule has 0 spiro atoms. The lowest BCUT2D eigenvalue weighted by atomic mass is 10.1. The molecule has 0 saturated heterocycles. The van der Waals surface area contributed by atoms with Gasteiger partial charge >= 0.3 is 0 Å². The van der Waals surface area contributed by atoms with Gasteiger partial charge in [-0.15, -0.1) is 0 Å². The molecule has 0 fully saturated rings. The Morgan fingerprint density at radius 3 is 2.11 bits per heavy atom. The van der Waals surface area contributed by atoms with Crippen LogP contribution < -0.4 is 0 Å². The fourth-order valence-corrected chi connectivity index (χ4v) is 2.00. The molecule has 0 bridgehead atoms. The first kappa shape index (κ1) is 13.4. The van der Waals surface area contributed by atoms with Crippen LogP contribution in [0, 0.1) is 0 Å². The quantitative estimate of drug-likeness (QED) is 0.627. The highest BCUT2D eigenvalue weighted by Gasteiger charge is 2.15. The number of hydrogen-bond acceptors (Lipinski definition) is 2. The molecule has 96 valence electrons. The topological polar surface area (TPSA) is 20.3 Å². The van der Waals surface area contributed by atoms with E-state index in [2.05, 4.69) is 0 Å². The third-order valence-electron chi connectivity index (χ3n) is 2.84. The van der Waals surface area contributed by atoms with E-state index in [0.29, 0.717) is 17.1 Å². The van der Waals surface area contributed by atoms with E-state index in [4.69, 9.17) is 12.2 Å². The largest absolute Gasteiger partial charge is 0.358 e. The summed E-state index contributed by atoms with van der Waals surface area (Å²) >= 11 is 5.26. The zero-order valence-electron chi connectivity index (χ0n) is 10.7. The van der Waals surface area contributed by atoms with Gasteiger partial charge in [0.15, 0.2) is 4.99 Å². The summed E-state index contributed by atoms with van der Waals surface area (Å²) in [5.74, 6) is -0.103. The van der Waals surface area contributed by atoms with Gasteiger partial charge in [-0.25, -0.2) is 0 Å². The van der Waals surface area contributed by atoms with Gasteiger partial charge in [0.25, 0.3) is 0 Å². The minimum atomic E-state index is -0.103. The Bertz CT molecular complexity index is 566. The van der Waals surface area contributed by atoms with Crippen molar-refractivity contribution in [3.8, 4) is 0 Å². The maximum Gasteiger partial charge on any atom is 0.220 e. The number of thiocarbonyl (C=S) groups is 1. The van der Waals surface area contributed by atoms with Crippen LogP contribution in [0.15, 0.2) is 60.7 Å². The zero-order chi connectivity index (χ0) is 13.7. The van der Waals surface area contributed by atoms with Crippen LogP contribution in [0.5, 0.6) is 0 Å². The summed E-state index contributed by atoms with van der Waals surface area (Å²) in [4.78, 5) is 14.3. The molecule has 2 rings (SSSR count). The fraction of sp³-hybridized carbons (Fsp3) is 0.125. The van der Waals surface area contributed by atoms with Gasteiger partial charge in [0, 0.05) is 19.2 Å². The Morgan fingerprint density at radius 1 is 1.00 bits per heavy atom. The molecule has 0 unspecified atom stereocenters. The molecule has 0 aliphatic rings. The predicted molar refractivity (Wildman–Crippen MR) is 81.3 cm³/mol. The zero-order valence-corrected chi connectivity index (χ0v) is 11.6. The lowest BCUT2D eigenvalue weighted by molar-refractivity contribution is 0.105. The fourth-order valence-electron chi connectivity index (χ4n) is 1.82. The average molecular weight is 269 g/mol. The summed E-state index contributed by atoms with van der Waals surface area (Å²) in [5, 5.41) is 0. The van der Waals surface area contributed by atoms with E-state index < -0.39 is 0 Å². The highest BCUT2D eigenvalue weighted by atomic mass is 32.1. The molecule has 0 aliphatic heterocycles. The van der Waals surface area contributed by atoms with Crippen molar-refractivity contribution in [2.24, 2.45) is 0 Å². The summed E-state index contributed by atoms with van der Waals surface area (Å²) in [7, 11) is 1.84. The molecule has 0 amide bonds. The lowest BCUT2D eigenvalue weighted by Gasteiger charge is -2.19. The smallest absolute Gasteiger partial charge is 0.220 e. The Labute approximate surface area is 118 Å². The molecule has 0 atom stereocenters. The van der Waals surface area contributed by atoms with E-state index >= 15 is 0 Å². The SMILES string of the molecule is CN(Cc1ccccc1)C(=S)C(=O)c1ccccc1. The number of ketones is 1. The monoisotopic (exact) mass is 269 g/mol. The van der Waals surface area contributed by atoms with Gasteiger partial charge in [-0.2, -0.15) is 0 Å². The van der Waals surface area contributed by atoms with Crippen molar-refractivity contribution in [1.82, 2.24) is 4.90 Å². The van der Waals surface area contributed by atoms with Crippen LogP contribution in [0.25, 0.3) is 0 Å². The molecule has 2 aromatic rings. The Balaban J connectivity index is 2.06. The number of carbonyl (C=O) groups is 1. The Hall–Kier alpha value is -2.00. The molecule has 0 aliphatic carbocycles. The van der Waals surface area contributed by atoms with Crippen LogP contribution in [0.4, 0.5) is 0 Å². The third-order valence-corrected chi connectivity index (χ3v) is 3.34. The number of likely N-dealkylation sites (N-methyl/N-ethyl adjacent to an activating group) is 1. The molecule has 19 heavy (non-hydrogen) atoms. The van der Waals surface area contributed by atoms with Gasteiger partial charge in [0.2, 0.25) is 5.78 Å². The second kappa shape index (κ2) is 6.25. The van der Waals surface area contributed by atoms with Crippen LogP contribution in [-0.2, 0) is 6.54 Å². The van der Waals surface area contributed by atoms with Crippen LogP contribution in [-0.4, -0.2) is 22.7 Å². The number of Topliss-reactive ketones (excluding diaryl/α,β-unsaturated/α-hetero) is 1. The Kier molecular flexibility index (Phi) is 4.42. The molecule has 0 N–H and O–H groups in total. The van der Waals surface area contributed by atoms with Crippen molar-refractivity contribution in [3.05, 3.63) is 71.8 Å². The normalized spacial score (nSPS) is 9.95. The van der Waals surface area contributed by atoms with Crippen LogP contribution >= 0.6 is 12.2 Å². The van der Waals surface area contributed by atoms with Gasteiger partial charge < -0.3 is 4.90 Å².